The van der Waals surface area contributed by atoms with Crippen LogP contribution >= 0.6 is 0 Å². The highest BCUT2D eigenvalue weighted by atomic mass is 16.3. The molecule has 0 aliphatic rings. The van der Waals surface area contributed by atoms with E-state index in [1.807, 2.05) is 20.2 Å². The first-order chi connectivity index (χ1) is 12.5. The molecule has 3 heteroatoms. The van der Waals surface area contributed by atoms with Crippen LogP contribution in [0.15, 0.2) is 65.1 Å². The minimum atomic E-state index is 0.673. The molecular weight excluding hydrogens is 320 g/mol. The fourth-order valence-electron chi connectivity index (χ4n) is 3.28. The highest BCUT2D eigenvalue weighted by Crippen LogP contribution is 2.30. The number of aryl methyl sites for hydroxylation is 2. The van der Waals surface area contributed by atoms with Crippen molar-refractivity contribution in [3.05, 3.63) is 71.8 Å². The van der Waals surface area contributed by atoms with Crippen LogP contribution in [0, 0.1) is 13.8 Å². The van der Waals surface area contributed by atoms with Crippen molar-refractivity contribution in [2.75, 3.05) is 19.0 Å². The zero-order chi connectivity index (χ0) is 18.3. The van der Waals surface area contributed by atoms with Gasteiger partial charge >= 0.3 is 0 Å². The third-order valence-electron chi connectivity index (χ3n) is 4.57. The maximum absolute atomic E-state index is 5.99. The average Bonchev–Trinajstić information content (AvgIpc) is 3.04. The highest BCUT2D eigenvalue weighted by molar-refractivity contribution is 5.82. The largest absolute Gasteiger partial charge is 0.436 e. The second kappa shape index (κ2) is 6.34. The Balaban J connectivity index is 1.73. The van der Waals surface area contributed by atoms with Crippen LogP contribution in [0.5, 0.6) is 0 Å². The summed E-state index contributed by atoms with van der Waals surface area (Å²) in [5.74, 6) is 0.673. The van der Waals surface area contributed by atoms with Crippen molar-refractivity contribution in [1.82, 2.24) is 4.98 Å². The smallest absolute Gasteiger partial charge is 0.227 e. The number of nitrogens with zero attached hydrogens (tertiary/aromatic N) is 2. The topological polar surface area (TPSA) is 29.3 Å². The van der Waals surface area contributed by atoms with Gasteiger partial charge < -0.3 is 9.32 Å². The van der Waals surface area contributed by atoms with E-state index in [1.165, 1.54) is 22.4 Å². The van der Waals surface area contributed by atoms with E-state index in [4.69, 9.17) is 9.40 Å². The summed E-state index contributed by atoms with van der Waals surface area (Å²) in [6, 6.07) is 21.1. The van der Waals surface area contributed by atoms with E-state index in [0.717, 1.165) is 22.2 Å². The summed E-state index contributed by atoms with van der Waals surface area (Å²) in [5.41, 5.74) is 8.65. The Morgan fingerprint density at radius 1 is 0.731 bits per heavy atom. The van der Waals surface area contributed by atoms with Gasteiger partial charge in [0.1, 0.15) is 5.52 Å². The van der Waals surface area contributed by atoms with Crippen molar-refractivity contribution in [2.45, 2.75) is 13.8 Å². The van der Waals surface area contributed by atoms with Crippen molar-refractivity contribution in [2.24, 2.45) is 0 Å². The summed E-state index contributed by atoms with van der Waals surface area (Å²) in [7, 11) is 4.09. The van der Waals surface area contributed by atoms with Gasteiger partial charge in [-0.05, 0) is 61.4 Å². The van der Waals surface area contributed by atoms with E-state index < -0.39 is 0 Å². The molecule has 3 aromatic carbocycles. The molecule has 0 aliphatic carbocycles. The van der Waals surface area contributed by atoms with Crippen LogP contribution < -0.4 is 4.90 Å². The quantitative estimate of drug-likeness (QED) is 0.468. The first kappa shape index (κ1) is 16.4. The SMILES string of the molecule is Cc1cc(C)cc(-c2nc3cc(-c4ccc(N(C)C)cc4)ccc3o2)c1. The molecule has 130 valence electrons. The molecule has 0 atom stereocenters. The number of anilines is 1. The minimum absolute atomic E-state index is 0.673. The Labute approximate surface area is 153 Å². The maximum atomic E-state index is 5.99. The Kier molecular flexibility index (Phi) is 4.00. The number of rotatable bonds is 3. The standard InChI is InChI=1S/C23H22N2O/c1-15-11-16(2)13-19(12-15)23-24-21-14-18(7-10-22(21)26-23)17-5-8-20(9-6-17)25(3)4/h5-14H,1-4H3. The maximum Gasteiger partial charge on any atom is 0.227 e. The predicted octanol–water partition coefficient (Wildman–Crippen LogP) is 5.84. The van der Waals surface area contributed by atoms with Gasteiger partial charge in [0.2, 0.25) is 5.89 Å². The van der Waals surface area contributed by atoms with Gasteiger partial charge in [-0.25, -0.2) is 4.98 Å². The van der Waals surface area contributed by atoms with Crippen LogP contribution in [0.2, 0.25) is 0 Å². The molecule has 0 bridgehead atoms. The molecule has 0 radical (unpaired) electrons. The average molecular weight is 342 g/mol. The summed E-state index contributed by atoms with van der Waals surface area (Å²) >= 11 is 0. The number of oxazole rings is 1. The summed E-state index contributed by atoms with van der Waals surface area (Å²) in [4.78, 5) is 6.82. The Morgan fingerprint density at radius 3 is 2.04 bits per heavy atom. The number of benzene rings is 3. The zero-order valence-electron chi connectivity index (χ0n) is 15.6. The first-order valence-corrected chi connectivity index (χ1v) is 8.76. The van der Waals surface area contributed by atoms with Crippen LogP contribution in [0.1, 0.15) is 11.1 Å². The lowest BCUT2D eigenvalue weighted by Gasteiger charge is -2.12. The van der Waals surface area contributed by atoms with Crippen molar-refractivity contribution in [3.8, 4) is 22.6 Å². The van der Waals surface area contributed by atoms with Gasteiger partial charge in [-0.15, -0.1) is 0 Å². The highest BCUT2D eigenvalue weighted by Gasteiger charge is 2.10. The summed E-state index contributed by atoms with van der Waals surface area (Å²) in [6.07, 6.45) is 0. The Morgan fingerprint density at radius 2 is 1.38 bits per heavy atom. The van der Waals surface area contributed by atoms with E-state index >= 15 is 0 Å². The molecule has 0 N–H and O–H groups in total. The molecule has 0 amide bonds. The number of aromatic nitrogens is 1. The molecule has 26 heavy (non-hydrogen) atoms. The van der Waals surface area contributed by atoms with Crippen LogP contribution in [-0.2, 0) is 0 Å². The van der Waals surface area contributed by atoms with E-state index in [0.29, 0.717) is 5.89 Å². The lowest BCUT2D eigenvalue weighted by molar-refractivity contribution is 0.619. The van der Waals surface area contributed by atoms with Crippen molar-refractivity contribution in [1.29, 1.82) is 0 Å². The minimum Gasteiger partial charge on any atom is -0.436 e. The molecule has 0 aliphatic heterocycles. The van der Waals surface area contributed by atoms with Crippen LogP contribution in [0.3, 0.4) is 0 Å². The Bertz CT molecular complexity index is 1060. The molecule has 1 heterocycles. The second-order valence-corrected chi connectivity index (χ2v) is 7.02. The normalized spacial score (nSPS) is 11.1. The Hall–Kier alpha value is -3.07. The summed E-state index contributed by atoms with van der Waals surface area (Å²) in [6.45, 7) is 4.18. The fourth-order valence-corrected chi connectivity index (χ4v) is 3.28. The van der Waals surface area contributed by atoms with Gasteiger partial charge in [-0.3, -0.25) is 0 Å². The van der Waals surface area contributed by atoms with Gasteiger partial charge in [0, 0.05) is 25.3 Å². The van der Waals surface area contributed by atoms with E-state index in [2.05, 4.69) is 73.3 Å². The van der Waals surface area contributed by atoms with Gasteiger partial charge in [0.25, 0.3) is 0 Å². The lowest BCUT2D eigenvalue weighted by atomic mass is 10.0. The van der Waals surface area contributed by atoms with Gasteiger partial charge in [-0.1, -0.05) is 35.4 Å². The fraction of sp³-hybridized carbons (Fsp3) is 0.174. The lowest BCUT2D eigenvalue weighted by Crippen LogP contribution is -2.07. The van der Waals surface area contributed by atoms with Crippen molar-refractivity contribution < 1.29 is 4.42 Å². The van der Waals surface area contributed by atoms with E-state index in [9.17, 15) is 0 Å². The molecular formula is C23H22N2O. The number of hydrogen-bond donors (Lipinski definition) is 0. The molecule has 0 saturated heterocycles. The monoisotopic (exact) mass is 342 g/mol. The molecule has 0 unspecified atom stereocenters. The van der Waals surface area contributed by atoms with Crippen LogP contribution in [-0.4, -0.2) is 19.1 Å². The molecule has 0 spiro atoms. The molecule has 1 aromatic heterocycles. The third kappa shape index (κ3) is 3.08. The molecule has 4 aromatic rings. The second-order valence-electron chi connectivity index (χ2n) is 7.02. The third-order valence-corrected chi connectivity index (χ3v) is 4.57. The van der Waals surface area contributed by atoms with Gasteiger partial charge in [0.05, 0.1) is 0 Å². The van der Waals surface area contributed by atoms with Gasteiger partial charge in [-0.2, -0.15) is 0 Å². The van der Waals surface area contributed by atoms with E-state index in [-0.39, 0.29) is 0 Å². The van der Waals surface area contributed by atoms with Crippen molar-refractivity contribution in [3.63, 3.8) is 0 Å². The van der Waals surface area contributed by atoms with Crippen molar-refractivity contribution >= 4 is 16.8 Å². The number of fused-ring (bicyclic) bond motifs is 1. The summed E-state index contributed by atoms with van der Waals surface area (Å²) in [5, 5.41) is 0. The predicted molar refractivity (Wildman–Crippen MR) is 109 cm³/mol. The van der Waals surface area contributed by atoms with Crippen LogP contribution in [0.4, 0.5) is 5.69 Å². The van der Waals surface area contributed by atoms with E-state index in [1.54, 1.807) is 0 Å². The molecule has 0 fully saturated rings. The molecule has 0 saturated carbocycles. The van der Waals surface area contributed by atoms with Crippen LogP contribution in [0.25, 0.3) is 33.7 Å². The molecule has 3 nitrogen and oxygen atoms in total. The summed E-state index contributed by atoms with van der Waals surface area (Å²) < 4.78 is 5.99. The zero-order valence-corrected chi connectivity index (χ0v) is 15.6. The first-order valence-electron chi connectivity index (χ1n) is 8.76. The van der Waals surface area contributed by atoms with Gasteiger partial charge in [0.15, 0.2) is 5.58 Å². The number of hydrogen-bond acceptors (Lipinski definition) is 3. The molecule has 4 rings (SSSR count).